The average molecular weight is 484 g/mol. The lowest BCUT2D eigenvalue weighted by molar-refractivity contribution is -0.114. The van der Waals surface area contributed by atoms with Crippen LogP contribution in [0, 0.1) is 0 Å². The van der Waals surface area contributed by atoms with Gasteiger partial charge < -0.3 is 19.7 Å². The van der Waals surface area contributed by atoms with Crippen LogP contribution in [0.4, 0.5) is 11.4 Å². The van der Waals surface area contributed by atoms with Gasteiger partial charge in [0, 0.05) is 38.1 Å². The largest absolute Gasteiger partial charge is 0.493 e. The van der Waals surface area contributed by atoms with Crippen LogP contribution in [0.15, 0.2) is 77.7 Å². The normalized spacial score (nSPS) is 11.2. The van der Waals surface area contributed by atoms with E-state index >= 15 is 0 Å². The molecular weight excluding hydrogens is 454 g/mol. The van der Waals surface area contributed by atoms with Crippen molar-refractivity contribution in [3.05, 3.63) is 78.4 Å². The molecule has 1 N–H and O–H groups in total. The van der Waals surface area contributed by atoms with E-state index in [9.17, 15) is 13.2 Å². The highest BCUT2D eigenvalue weighted by molar-refractivity contribution is 7.89. The molecule has 0 heterocycles. The summed E-state index contributed by atoms with van der Waals surface area (Å²) in [6.07, 6.45) is 0. The Kier molecular flexibility index (Phi) is 8.14. The van der Waals surface area contributed by atoms with Crippen molar-refractivity contribution in [2.24, 2.45) is 0 Å². The molecule has 0 bridgehead atoms. The first-order valence-electron chi connectivity index (χ1n) is 10.6. The Morgan fingerprint density at radius 1 is 0.882 bits per heavy atom. The summed E-state index contributed by atoms with van der Waals surface area (Å²) in [7, 11) is 2.79. The van der Waals surface area contributed by atoms with Gasteiger partial charge in [0.25, 0.3) is 0 Å². The van der Waals surface area contributed by atoms with Crippen LogP contribution in [-0.4, -0.2) is 53.5 Å². The number of ether oxygens (including phenoxy) is 2. The van der Waals surface area contributed by atoms with E-state index in [4.69, 9.17) is 9.47 Å². The number of anilines is 2. The Bertz CT molecular complexity index is 1220. The fourth-order valence-electron chi connectivity index (χ4n) is 3.39. The highest BCUT2D eigenvalue weighted by Crippen LogP contribution is 2.31. The second kappa shape index (κ2) is 11.0. The monoisotopic (exact) mass is 483 g/mol. The minimum atomic E-state index is -3.66. The van der Waals surface area contributed by atoms with Crippen LogP contribution in [-0.2, 0) is 21.4 Å². The Balaban J connectivity index is 1.62. The maximum absolute atomic E-state index is 12.9. The quantitative estimate of drug-likeness (QED) is 0.474. The van der Waals surface area contributed by atoms with Gasteiger partial charge in [-0.05, 0) is 42.0 Å². The van der Waals surface area contributed by atoms with Crippen LogP contribution in [0.25, 0.3) is 0 Å². The molecule has 1 amide bonds. The SMILES string of the molecule is COc1ccc(N(C)CC(=O)Nc2ccc(S(=O)(=O)N(C)Cc3ccccc3)cc2)cc1OC. The number of rotatable bonds is 10. The minimum absolute atomic E-state index is 0.0926. The van der Waals surface area contributed by atoms with Crippen molar-refractivity contribution in [2.45, 2.75) is 11.4 Å². The molecule has 0 atom stereocenters. The molecule has 0 radical (unpaired) electrons. The van der Waals surface area contributed by atoms with E-state index in [1.807, 2.05) is 36.4 Å². The van der Waals surface area contributed by atoms with Crippen molar-refractivity contribution < 1.29 is 22.7 Å². The summed E-state index contributed by atoms with van der Waals surface area (Å²) in [5.41, 5.74) is 2.20. The lowest BCUT2D eigenvalue weighted by atomic mass is 10.2. The molecule has 34 heavy (non-hydrogen) atoms. The maximum atomic E-state index is 12.9. The number of hydrogen-bond donors (Lipinski definition) is 1. The number of nitrogens with zero attached hydrogens (tertiary/aromatic N) is 2. The van der Waals surface area contributed by atoms with Crippen molar-refractivity contribution in [2.75, 3.05) is 45.1 Å². The maximum Gasteiger partial charge on any atom is 0.243 e. The number of carbonyl (C=O) groups is 1. The molecule has 0 saturated carbocycles. The predicted octanol–water partition coefficient (Wildman–Crippen LogP) is 3.60. The Labute approximate surface area is 200 Å². The summed E-state index contributed by atoms with van der Waals surface area (Å²) in [6.45, 7) is 0.361. The fraction of sp³-hybridized carbons (Fsp3) is 0.240. The first-order valence-corrected chi connectivity index (χ1v) is 12.0. The van der Waals surface area contributed by atoms with Crippen molar-refractivity contribution in [3.8, 4) is 11.5 Å². The first kappa shape index (κ1) is 25.1. The number of hydrogen-bond acceptors (Lipinski definition) is 6. The molecule has 0 fully saturated rings. The average Bonchev–Trinajstić information content (AvgIpc) is 2.84. The zero-order valence-corrected chi connectivity index (χ0v) is 20.5. The summed E-state index contributed by atoms with van der Waals surface area (Å²) in [5.74, 6) is 0.934. The molecule has 3 rings (SSSR count). The predicted molar refractivity (Wildman–Crippen MR) is 133 cm³/mol. The molecule has 0 aliphatic heterocycles. The van der Waals surface area contributed by atoms with Gasteiger partial charge in [-0.3, -0.25) is 4.79 Å². The molecule has 0 aliphatic rings. The Morgan fingerprint density at radius 2 is 1.53 bits per heavy atom. The molecule has 0 saturated heterocycles. The topological polar surface area (TPSA) is 88.2 Å². The van der Waals surface area contributed by atoms with E-state index in [0.29, 0.717) is 17.2 Å². The van der Waals surface area contributed by atoms with Crippen LogP contribution < -0.4 is 19.7 Å². The number of amides is 1. The molecule has 0 aromatic heterocycles. The standard InChI is InChI=1S/C25H29N3O5S/c1-27(21-12-15-23(32-3)24(16-21)33-4)18-25(29)26-20-10-13-22(14-11-20)34(30,31)28(2)17-19-8-6-5-7-9-19/h5-16H,17-18H2,1-4H3,(H,26,29). The molecular formula is C25H29N3O5S. The Morgan fingerprint density at radius 3 is 2.15 bits per heavy atom. The van der Waals surface area contributed by atoms with E-state index in [2.05, 4.69) is 5.32 Å². The number of carbonyl (C=O) groups excluding carboxylic acids is 1. The van der Waals surface area contributed by atoms with Gasteiger partial charge in [0.2, 0.25) is 15.9 Å². The van der Waals surface area contributed by atoms with Crippen molar-refractivity contribution in [1.29, 1.82) is 0 Å². The summed E-state index contributed by atoms with van der Waals surface area (Å²) in [5, 5.41) is 2.80. The second-order valence-electron chi connectivity index (χ2n) is 7.71. The van der Waals surface area contributed by atoms with Gasteiger partial charge in [-0.25, -0.2) is 8.42 Å². The molecule has 0 unspecified atom stereocenters. The van der Waals surface area contributed by atoms with Gasteiger partial charge in [0.15, 0.2) is 11.5 Å². The number of methoxy groups -OCH3 is 2. The smallest absolute Gasteiger partial charge is 0.243 e. The van der Waals surface area contributed by atoms with Crippen LogP contribution in [0.5, 0.6) is 11.5 Å². The number of likely N-dealkylation sites (N-methyl/N-ethyl adjacent to an activating group) is 1. The third-order valence-electron chi connectivity index (χ3n) is 5.28. The van der Waals surface area contributed by atoms with Gasteiger partial charge in [0.1, 0.15) is 0 Å². The fourth-order valence-corrected chi connectivity index (χ4v) is 4.54. The lowest BCUT2D eigenvalue weighted by Crippen LogP contribution is -2.30. The van der Waals surface area contributed by atoms with Crippen LogP contribution >= 0.6 is 0 Å². The number of nitrogens with one attached hydrogen (secondary N) is 1. The van der Waals surface area contributed by atoms with Crippen LogP contribution in [0.3, 0.4) is 0 Å². The molecule has 0 aliphatic carbocycles. The van der Waals surface area contributed by atoms with Gasteiger partial charge in [-0.15, -0.1) is 0 Å². The van der Waals surface area contributed by atoms with Crippen molar-refractivity contribution in [1.82, 2.24) is 4.31 Å². The van der Waals surface area contributed by atoms with Crippen molar-refractivity contribution in [3.63, 3.8) is 0 Å². The molecule has 8 nitrogen and oxygen atoms in total. The summed E-state index contributed by atoms with van der Waals surface area (Å²) in [6, 6.07) is 20.9. The van der Waals surface area contributed by atoms with Gasteiger partial charge >= 0.3 is 0 Å². The first-order chi connectivity index (χ1) is 16.2. The minimum Gasteiger partial charge on any atom is -0.493 e. The van der Waals surface area contributed by atoms with E-state index in [1.165, 1.54) is 16.4 Å². The third-order valence-corrected chi connectivity index (χ3v) is 7.10. The van der Waals surface area contributed by atoms with E-state index in [1.54, 1.807) is 57.5 Å². The summed E-state index contributed by atoms with van der Waals surface area (Å²) >= 11 is 0. The van der Waals surface area contributed by atoms with Gasteiger partial charge in [-0.2, -0.15) is 4.31 Å². The van der Waals surface area contributed by atoms with Crippen molar-refractivity contribution >= 4 is 27.3 Å². The van der Waals surface area contributed by atoms with E-state index in [0.717, 1.165) is 11.3 Å². The van der Waals surface area contributed by atoms with Crippen LogP contribution in [0.2, 0.25) is 0 Å². The zero-order valence-electron chi connectivity index (χ0n) is 19.7. The van der Waals surface area contributed by atoms with Crippen LogP contribution in [0.1, 0.15) is 5.56 Å². The molecule has 0 spiro atoms. The molecule has 3 aromatic carbocycles. The summed E-state index contributed by atoms with van der Waals surface area (Å²) < 4.78 is 37.6. The van der Waals surface area contributed by atoms with Gasteiger partial charge in [0.05, 0.1) is 25.7 Å². The number of benzene rings is 3. The second-order valence-corrected chi connectivity index (χ2v) is 9.76. The van der Waals surface area contributed by atoms with E-state index < -0.39 is 10.0 Å². The molecule has 9 heteroatoms. The number of sulfonamides is 1. The highest BCUT2D eigenvalue weighted by Gasteiger charge is 2.21. The third kappa shape index (κ3) is 6.06. The molecule has 3 aromatic rings. The lowest BCUT2D eigenvalue weighted by Gasteiger charge is -2.20. The van der Waals surface area contributed by atoms with E-state index in [-0.39, 0.29) is 23.9 Å². The summed E-state index contributed by atoms with van der Waals surface area (Å²) in [4.78, 5) is 14.5. The highest BCUT2D eigenvalue weighted by atomic mass is 32.2. The van der Waals surface area contributed by atoms with Gasteiger partial charge in [-0.1, -0.05) is 30.3 Å². The molecule has 180 valence electrons. The Hall–Kier alpha value is -3.56. The zero-order chi connectivity index (χ0) is 24.7.